The zero-order chi connectivity index (χ0) is 12.7. The van der Waals surface area contributed by atoms with Crippen molar-refractivity contribution in [2.75, 3.05) is 0 Å². The molecule has 92 valence electrons. The van der Waals surface area contributed by atoms with E-state index in [4.69, 9.17) is 0 Å². The molecule has 0 fully saturated rings. The Morgan fingerprint density at radius 1 is 1.11 bits per heavy atom. The van der Waals surface area contributed by atoms with Crippen molar-refractivity contribution in [2.24, 2.45) is 0 Å². The van der Waals surface area contributed by atoms with Crippen molar-refractivity contribution in [1.82, 2.24) is 34.6 Å². The van der Waals surface area contributed by atoms with Crippen LogP contribution in [0, 0.1) is 0 Å². The van der Waals surface area contributed by atoms with Crippen molar-refractivity contribution in [3.63, 3.8) is 0 Å². The van der Waals surface area contributed by atoms with Gasteiger partial charge in [-0.1, -0.05) is 6.07 Å². The maximum absolute atomic E-state index is 4.38. The molecule has 0 radical (unpaired) electrons. The molecule has 0 spiro atoms. The van der Waals surface area contributed by atoms with Gasteiger partial charge in [-0.3, -0.25) is 4.40 Å². The molecule has 0 aliphatic rings. The Labute approximate surface area is 111 Å². The number of rotatable bonds is 2. The lowest BCUT2D eigenvalue weighted by atomic mass is 10.4. The summed E-state index contributed by atoms with van der Waals surface area (Å²) in [6.07, 6.45) is 3.80. The van der Waals surface area contributed by atoms with Gasteiger partial charge in [-0.15, -0.1) is 14.8 Å². The fourth-order valence-electron chi connectivity index (χ4n) is 1.78. The first-order valence-electron chi connectivity index (χ1n) is 5.55. The Morgan fingerprint density at radius 2 is 2.11 bits per heavy atom. The highest BCUT2D eigenvalue weighted by Crippen LogP contribution is 2.25. The number of hydrogen-bond acceptors (Lipinski definition) is 6. The second-order valence-electron chi connectivity index (χ2n) is 3.84. The van der Waals surface area contributed by atoms with Crippen LogP contribution < -0.4 is 0 Å². The molecule has 0 aliphatic carbocycles. The van der Waals surface area contributed by atoms with Crippen molar-refractivity contribution in [1.29, 1.82) is 0 Å². The molecule has 4 aromatic rings. The zero-order valence-electron chi connectivity index (χ0n) is 9.58. The molecule has 19 heavy (non-hydrogen) atoms. The SMILES string of the molecule is c1ccn2c(Sc3ccc4nnnn4n3)ncc2c1. The number of tetrazole rings is 1. The standard InChI is InChI=1S/C11H7N7S/c1-2-6-17-8(3-1)7-12-11(17)19-10-5-4-9-13-15-16-18(9)14-10/h1-7H. The first-order valence-corrected chi connectivity index (χ1v) is 6.37. The summed E-state index contributed by atoms with van der Waals surface area (Å²) in [5, 5.41) is 17.1. The van der Waals surface area contributed by atoms with Gasteiger partial charge >= 0.3 is 0 Å². The van der Waals surface area contributed by atoms with Gasteiger partial charge in [0, 0.05) is 6.20 Å². The molecule has 4 heterocycles. The summed E-state index contributed by atoms with van der Waals surface area (Å²) < 4.78 is 3.41. The molecule has 4 aromatic heterocycles. The number of imidazole rings is 1. The largest absolute Gasteiger partial charge is 0.295 e. The number of fused-ring (bicyclic) bond motifs is 2. The monoisotopic (exact) mass is 269 g/mol. The van der Waals surface area contributed by atoms with Gasteiger partial charge in [0.2, 0.25) is 0 Å². The Bertz CT molecular complexity index is 865. The summed E-state index contributed by atoms with van der Waals surface area (Å²) >= 11 is 1.47. The van der Waals surface area contributed by atoms with Gasteiger partial charge in [0.15, 0.2) is 10.8 Å². The van der Waals surface area contributed by atoms with Crippen LogP contribution in [0.25, 0.3) is 11.2 Å². The van der Waals surface area contributed by atoms with Crippen molar-refractivity contribution in [3.8, 4) is 0 Å². The van der Waals surface area contributed by atoms with E-state index >= 15 is 0 Å². The summed E-state index contributed by atoms with van der Waals surface area (Å²) in [4.78, 5) is 4.38. The van der Waals surface area contributed by atoms with E-state index in [2.05, 4.69) is 25.6 Å². The van der Waals surface area contributed by atoms with Crippen molar-refractivity contribution in [2.45, 2.75) is 10.2 Å². The van der Waals surface area contributed by atoms with Crippen LogP contribution in [0.1, 0.15) is 0 Å². The summed E-state index contributed by atoms with van der Waals surface area (Å²) in [5.74, 6) is 0. The maximum atomic E-state index is 4.38. The lowest BCUT2D eigenvalue weighted by molar-refractivity contribution is 0.702. The van der Waals surface area contributed by atoms with Gasteiger partial charge in [0.25, 0.3) is 0 Å². The molecule has 0 bridgehead atoms. The van der Waals surface area contributed by atoms with Crippen molar-refractivity contribution in [3.05, 3.63) is 42.7 Å². The van der Waals surface area contributed by atoms with Gasteiger partial charge in [0.05, 0.1) is 11.7 Å². The lowest BCUT2D eigenvalue weighted by Crippen LogP contribution is -1.96. The molecule has 0 unspecified atom stereocenters. The lowest BCUT2D eigenvalue weighted by Gasteiger charge is -2.00. The predicted molar refractivity (Wildman–Crippen MR) is 67.9 cm³/mol. The van der Waals surface area contributed by atoms with Crippen LogP contribution in [0.2, 0.25) is 0 Å². The summed E-state index contributed by atoms with van der Waals surface area (Å²) in [6.45, 7) is 0. The fraction of sp³-hybridized carbons (Fsp3) is 0. The van der Waals surface area contributed by atoms with Crippen LogP contribution in [0.15, 0.2) is 52.9 Å². The van der Waals surface area contributed by atoms with Gasteiger partial charge in [-0.25, -0.2) is 4.98 Å². The minimum absolute atomic E-state index is 0.623. The predicted octanol–water partition coefficient (Wildman–Crippen LogP) is 1.32. The van der Waals surface area contributed by atoms with Gasteiger partial charge in [0.1, 0.15) is 5.03 Å². The highest BCUT2D eigenvalue weighted by Gasteiger charge is 2.07. The van der Waals surface area contributed by atoms with Crippen LogP contribution in [0.5, 0.6) is 0 Å². The minimum atomic E-state index is 0.623. The molecule has 7 nitrogen and oxygen atoms in total. The normalized spacial score (nSPS) is 11.4. The average molecular weight is 269 g/mol. The maximum Gasteiger partial charge on any atom is 0.200 e. The van der Waals surface area contributed by atoms with Crippen LogP contribution in [-0.4, -0.2) is 34.6 Å². The Balaban J connectivity index is 1.77. The van der Waals surface area contributed by atoms with Crippen molar-refractivity contribution < 1.29 is 0 Å². The van der Waals surface area contributed by atoms with E-state index in [1.807, 2.05) is 47.1 Å². The van der Waals surface area contributed by atoms with E-state index in [0.29, 0.717) is 5.65 Å². The Hall–Kier alpha value is -2.48. The number of nitrogens with zero attached hydrogens (tertiary/aromatic N) is 7. The third-order valence-corrected chi connectivity index (χ3v) is 3.56. The van der Waals surface area contributed by atoms with Crippen molar-refractivity contribution >= 4 is 22.9 Å². The Morgan fingerprint density at radius 3 is 3.11 bits per heavy atom. The molecular formula is C11H7N7S. The molecule has 0 N–H and O–H groups in total. The molecule has 0 aliphatic heterocycles. The highest BCUT2D eigenvalue weighted by molar-refractivity contribution is 7.99. The third-order valence-electron chi connectivity index (χ3n) is 2.65. The zero-order valence-corrected chi connectivity index (χ0v) is 10.4. The average Bonchev–Trinajstić information content (AvgIpc) is 3.06. The van der Waals surface area contributed by atoms with E-state index in [1.165, 1.54) is 16.4 Å². The summed E-state index contributed by atoms with van der Waals surface area (Å²) in [7, 11) is 0. The molecule has 0 amide bonds. The van der Waals surface area contributed by atoms with E-state index in [-0.39, 0.29) is 0 Å². The first-order chi connectivity index (χ1) is 9.40. The second-order valence-corrected chi connectivity index (χ2v) is 4.82. The quantitative estimate of drug-likeness (QED) is 0.546. The second kappa shape index (κ2) is 4.02. The molecule has 0 aromatic carbocycles. The van der Waals surface area contributed by atoms with E-state index < -0.39 is 0 Å². The van der Waals surface area contributed by atoms with Gasteiger partial charge < -0.3 is 0 Å². The van der Waals surface area contributed by atoms with Crippen LogP contribution in [-0.2, 0) is 0 Å². The van der Waals surface area contributed by atoms with Gasteiger partial charge in [-0.2, -0.15) is 0 Å². The molecule has 0 saturated carbocycles. The number of hydrogen-bond donors (Lipinski definition) is 0. The summed E-state index contributed by atoms with van der Waals surface area (Å²) in [5.41, 5.74) is 1.67. The molecule has 4 rings (SSSR count). The smallest absolute Gasteiger partial charge is 0.200 e. The molecule has 8 heteroatoms. The highest BCUT2D eigenvalue weighted by atomic mass is 32.2. The van der Waals surface area contributed by atoms with Crippen LogP contribution in [0.3, 0.4) is 0 Å². The first kappa shape index (κ1) is 10.4. The molecule has 0 atom stereocenters. The number of pyridine rings is 1. The summed E-state index contributed by atoms with van der Waals surface area (Å²) in [6, 6.07) is 9.66. The van der Waals surface area contributed by atoms with Gasteiger partial charge in [-0.05, 0) is 46.5 Å². The van der Waals surface area contributed by atoms with Crippen LogP contribution in [0.4, 0.5) is 0 Å². The third kappa shape index (κ3) is 1.73. The van der Waals surface area contributed by atoms with E-state index in [0.717, 1.165) is 15.7 Å². The molecule has 0 saturated heterocycles. The van der Waals surface area contributed by atoms with E-state index in [9.17, 15) is 0 Å². The Kier molecular flexibility index (Phi) is 2.21. The topological polar surface area (TPSA) is 73.3 Å². The van der Waals surface area contributed by atoms with E-state index in [1.54, 1.807) is 0 Å². The fourth-order valence-corrected chi connectivity index (χ4v) is 2.59. The molecular weight excluding hydrogens is 262 g/mol. The number of aromatic nitrogens is 7. The minimum Gasteiger partial charge on any atom is -0.295 e. The van der Waals surface area contributed by atoms with Crippen LogP contribution >= 0.6 is 11.8 Å².